The van der Waals surface area contributed by atoms with Crippen LogP contribution in [0.25, 0.3) is 10.2 Å². The molecule has 2 aromatic rings. The topological polar surface area (TPSA) is 49.3 Å². The number of alkyl halides is 1. The van der Waals surface area contributed by atoms with E-state index in [1.54, 1.807) is 6.92 Å². The number of aryl methyl sites for hydroxylation is 2. The van der Waals surface area contributed by atoms with Gasteiger partial charge >= 0.3 is 0 Å². The Morgan fingerprint density at radius 2 is 1.83 bits per heavy atom. The van der Waals surface area contributed by atoms with Crippen molar-refractivity contribution in [3.05, 3.63) is 16.3 Å². The Balaban J connectivity index is 1.72. The second kappa shape index (κ2) is 8.76. The Bertz CT molecular complexity index is 889. The van der Waals surface area contributed by atoms with Crippen LogP contribution in [0, 0.1) is 0 Å². The molecule has 158 valence electrons. The fourth-order valence-corrected chi connectivity index (χ4v) is 5.75. The highest BCUT2D eigenvalue weighted by Crippen LogP contribution is 2.40. The maximum absolute atomic E-state index is 12.3. The monoisotopic (exact) mass is 434 g/mol. The molecule has 1 aliphatic heterocycles. The van der Waals surface area contributed by atoms with Gasteiger partial charge < -0.3 is 9.80 Å². The molecule has 0 N–H and O–H groups in total. The summed E-state index contributed by atoms with van der Waals surface area (Å²) in [4.78, 5) is 29.3. The first-order valence-corrected chi connectivity index (χ1v) is 12.2. The standard InChI is InChI=1S/C22H31ClN4OS/c1-4-14(2)19-24-20(26-10-12-27(13-11-26)22(28)15(3)23)18-16-8-6-5-7-9-17(16)29-21(18)25-19/h14-15H,4-13H2,1-3H3/t14-,15+/m0/s1. The van der Waals surface area contributed by atoms with E-state index in [2.05, 4.69) is 18.7 Å². The molecule has 0 spiro atoms. The van der Waals surface area contributed by atoms with Crippen LogP contribution in [0.1, 0.15) is 68.6 Å². The quantitative estimate of drug-likeness (QED) is 0.514. The number of anilines is 1. The third-order valence-electron chi connectivity index (χ3n) is 6.35. The summed E-state index contributed by atoms with van der Waals surface area (Å²) >= 11 is 7.90. The van der Waals surface area contributed by atoms with Crippen LogP contribution in [-0.4, -0.2) is 52.3 Å². The number of carbonyl (C=O) groups excluding carboxylic acids is 1. The lowest BCUT2D eigenvalue weighted by Gasteiger charge is -2.36. The predicted molar refractivity (Wildman–Crippen MR) is 121 cm³/mol. The first-order chi connectivity index (χ1) is 14.0. The number of hydrogen-bond acceptors (Lipinski definition) is 5. The molecule has 1 fully saturated rings. The van der Waals surface area contributed by atoms with E-state index in [1.807, 2.05) is 16.2 Å². The first-order valence-electron chi connectivity index (χ1n) is 11.0. The Morgan fingerprint density at radius 1 is 1.10 bits per heavy atom. The van der Waals surface area contributed by atoms with E-state index < -0.39 is 5.38 Å². The minimum absolute atomic E-state index is 0.0313. The van der Waals surface area contributed by atoms with Crippen LogP contribution in [0.2, 0.25) is 0 Å². The van der Waals surface area contributed by atoms with Gasteiger partial charge in [-0.05, 0) is 44.6 Å². The van der Waals surface area contributed by atoms with Gasteiger partial charge in [-0.2, -0.15) is 0 Å². The molecule has 1 saturated heterocycles. The van der Waals surface area contributed by atoms with E-state index in [4.69, 9.17) is 21.6 Å². The molecule has 2 aromatic heterocycles. The molecule has 5 nitrogen and oxygen atoms in total. The van der Waals surface area contributed by atoms with Crippen LogP contribution < -0.4 is 4.90 Å². The van der Waals surface area contributed by atoms with Crippen molar-refractivity contribution in [1.82, 2.24) is 14.9 Å². The number of piperazine rings is 1. The lowest BCUT2D eigenvalue weighted by molar-refractivity contribution is -0.130. The number of rotatable bonds is 4. The molecule has 4 rings (SSSR count). The molecule has 0 saturated carbocycles. The average Bonchev–Trinajstić information content (AvgIpc) is 2.92. The molecule has 2 aliphatic rings. The van der Waals surface area contributed by atoms with Crippen LogP contribution in [0.3, 0.4) is 0 Å². The van der Waals surface area contributed by atoms with E-state index in [1.165, 1.54) is 41.5 Å². The largest absolute Gasteiger partial charge is 0.352 e. The number of thiophene rings is 1. The summed E-state index contributed by atoms with van der Waals surface area (Å²) in [5.74, 6) is 2.43. The van der Waals surface area contributed by atoms with Crippen molar-refractivity contribution in [3.63, 3.8) is 0 Å². The lowest BCUT2D eigenvalue weighted by atomic mass is 10.1. The van der Waals surface area contributed by atoms with Gasteiger partial charge in [0.1, 0.15) is 21.8 Å². The zero-order valence-electron chi connectivity index (χ0n) is 17.7. The third-order valence-corrected chi connectivity index (χ3v) is 7.72. The van der Waals surface area contributed by atoms with Crippen LogP contribution in [-0.2, 0) is 17.6 Å². The smallest absolute Gasteiger partial charge is 0.240 e. The van der Waals surface area contributed by atoms with Crippen molar-refractivity contribution in [2.75, 3.05) is 31.1 Å². The fourth-order valence-electron chi connectivity index (χ4n) is 4.35. The fraction of sp³-hybridized carbons (Fsp3) is 0.682. The molecule has 3 heterocycles. The molecule has 0 radical (unpaired) electrons. The van der Waals surface area contributed by atoms with Gasteiger partial charge in [-0.3, -0.25) is 4.79 Å². The zero-order valence-corrected chi connectivity index (χ0v) is 19.3. The molecule has 0 aromatic carbocycles. The van der Waals surface area contributed by atoms with E-state index in [0.717, 1.165) is 42.4 Å². The molecule has 0 bridgehead atoms. The van der Waals surface area contributed by atoms with Crippen molar-refractivity contribution in [2.45, 2.75) is 70.6 Å². The SMILES string of the molecule is CC[C@H](C)c1nc(N2CCN(C(=O)[C@@H](C)Cl)CC2)c2c3c(sc2n1)CCCCC3. The van der Waals surface area contributed by atoms with E-state index >= 15 is 0 Å². The molecule has 2 atom stereocenters. The summed E-state index contributed by atoms with van der Waals surface area (Å²) in [7, 11) is 0. The number of nitrogens with zero attached hydrogens (tertiary/aromatic N) is 4. The van der Waals surface area contributed by atoms with Gasteiger partial charge in [0.2, 0.25) is 5.91 Å². The Morgan fingerprint density at radius 3 is 2.52 bits per heavy atom. The van der Waals surface area contributed by atoms with Crippen molar-refractivity contribution in [3.8, 4) is 0 Å². The van der Waals surface area contributed by atoms with Crippen LogP contribution in [0.15, 0.2) is 0 Å². The van der Waals surface area contributed by atoms with Gasteiger partial charge in [-0.25, -0.2) is 9.97 Å². The number of fused-ring (bicyclic) bond motifs is 3. The van der Waals surface area contributed by atoms with Gasteiger partial charge in [0.15, 0.2) is 0 Å². The van der Waals surface area contributed by atoms with Crippen molar-refractivity contribution in [2.24, 2.45) is 0 Å². The molecule has 1 aliphatic carbocycles. The maximum Gasteiger partial charge on any atom is 0.240 e. The molecular formula is C22H31ClN4OS. The van der Waals surface area contributed by atoms with Gasteiger partial charge in [0.05, 0.1) is 5.39 Å². The molecule has 1 amide bonds. The van der Waals surface area contributed by atoms with E-state index in [9.17, 15) is 4.79 Å². The lowest BCUT2D eigenvalue weighted by Crippen LogP contribution is -2.50. The van der Waals surface area contributed by atoms with E-state index in [0.29, 0.717) is 19.0 Å². The summed E-state index contributed by atoms with van der Waals surface area (Å²) in [5, 5.41) is 0.821. The summed E-state index contributed by atoms with van der Waals surface area (Å²) in [6.45, 7) is 9.15. The molecule has 29 heavy (non-hydrogen) atoms. The predicted octanol–water partition coefficient (Wildman–Crippen LogP) is 4.75. The number of halogens is 1. The zero-order chi connectivity index (χ0) is 20.5. The molecule has 0 unspecified atom stereocenters. The summed E-state index contributed by atoms with van der Waals surface area (Å²) < 4.78 is 0. The average molecular weight is 435 g/mol. The summed E-state index contributed by atoms with van der Waals surface area (Å²) in [5.41, 5.74) is 1.49. The normalized spacial score (nSPS) is 19.7. The van der Waals surface area contributed by atoms with Crippen LogP contribution in [0.5, 0.6) is 0 Å². The third kappa shape index (κ3) is 4.11. The van der Waals surface area contributed by atoms with Gasteiger partial charge in [-0.15, -0.1) is 22.9 Å². The van der Waals surface area contributed by atoms with Crippen molar-refractivity contribution >= 4 is 44.9 Å². The number of carbonyl (C=O) groups is 1. The number of aromatic nitrogens is 2. The van der Waals surface area contributed by atoms with Crippen LogP contribution >= 0.6 is 22.9 Å². The van der Waals surface area contributed by atoms with Gasteiger partial charge in [0.25, 0.3) is 0 Å². The second-order valence-corrected chi connectivity index (χ2v) is 10.1. The minimum Gasteiger partial charge on any atom is -0.352 e. The molecular weight excluding hydrogens is 404 g/mol. The second-order valence-electron chi connectivity index (χ2n) is 8.39. The highest BCUT2D eigenvalue weighted by Gasteiger charge is 2.28. The number of hydrogen-bond donors (Lipinski definition) is 0. The van der Waals surface area contributed by atoms with Crippen molar-refractivity contribution < 1.29 is 4.79 Å². The van der Waals surface area contributed by atoms with Gasteiger partial charge in [0, 0.05) is 37.0 Å². The first kappa shape index (κ1) is 20.9. The van der Waals surface area contributed by atoms with Crippen molar-refractivity contribution in [1.29, 1.82) is 0 Å². The highest BCUT2D eigenvalue weighted by atomic mass is 35.5. The maximum atomic E-state index is 12.3. The highest BCUT2D eigenvalue weighted by molar-refractivity contribution is 7.19. The Hall–Kier alpha value is -1.40. The van der Waals surface area contributed by atoms with Crippen LogP contribution in [0.4, 0.5) is 5.82 Å². The Labute approximate surface area is 182 Å². The minimum atomic E-state index is -0.461. The Kier molecular flexibility index (Phi) is 6.30. The van der Waals surface area contributed by atoms with Gasteiger partial charge in [-0.1, -0.05) is 20.3 Å². The summed E-state index contributed by atoms with van der Waals surface area (Å²) in [6, 6.07) is 0. The molecule has 7 heteroatoms. The number of amides is 1. The summed E-state index contributed by atoms with van der Waals surface area (Å²) in [6.07, 6.45) is 7.17. The van der Waals surface area contributed by atoms with E-state index in [-0.39, 0.29) is 5.91 Å².